The summed E-state index contributed by atoms with van der Waals surface area (Å²) in [4.78, 5) is 0. The van der Waals surface area contributed by atoms with Crippen LogP contribution >= 0.6 is 0 Å². The molecule has 1 heterocycles. The molecule has 0 aromatic heterocycles. The molecule has 15 heavy (non-hydrogen) atoms. The van der Waals surface area contributed by atoms with E-state index in [2.05, 4.69) is 18.3 Å². The van der Waals surface area contributed by atoms with Crippen LogP contribution in [0.2, 0.25) is 0 Å². The Balaban J connectivity index is 2.12. The third-order valence-electron chi connectivity index (χ3n) is 3.28. The second kappa shape index (κ2) is 4.23. The predicted octanol–water partition coefficient (Wildman–Crippen LogP) is 2.76. The van der Waals surface area contributed by atoms with Gasteiger partial charge in [0.05, 0.1) is 0 Å². The summed E-state index contributed by atoms with van der Waals surface area (Å²) in [5, 5.41) is 13.0. The summed E-state index contributed by atoms with van der Waals surface area (Å²) in [6.45, 7) is 5.33. The largest absolute Gasteiger partial charge is 0.508 e. The van der Waals surface area contributed by atoms with Crippen LogP contribution < -0.4 is 5.32 Å². The molecule has 82 valence electrons. The van der Waals surface area contributed by atoms with Crippen LogP contribution in [0.4, 0.5) is 0 Å². The first-order valence-corrected chi connectivity index (χ1v) is 5.69. The minimum Gasteiger partial charge on any atom is -0.508 e. The Morgan fingerprint density at radius 2 is 2.13 bits per heavy atom. The molecule has 2 heteroatoms. The van der Waals surface area contributed by atoms with E-state index in [1.54, 1.807) is 6.07 Å². The molecule has 0 spiro atoms. The van der Waals surface area contributed by atoms with Gasteiger partial charge >= 0.3 is 0 Å². The van der Waals surface area contributed by atoms with Gasteiger partial charge in [0.1, 0.15) is 5.75 Å². The summed E-state index contributed by atoms with van der Waals surface area (Å²) in [6.07, 6.45) is 2.49. The number of piperidine rings is 1. The lowest BCUT2D eigenvalue weighted by Gasteiger charge is -2.28. The Hall–Kier alpha value is -1.02. The molecular weight excluding hydrogens is 186 g/mol. The highest BCUT2D eigenvalue weighted by Gasteiger charge is 2.18. The van der Waals surface area contributed by atoms with E-state index in [1.807, 2.05) is 13.0 Å². The maximum absolute atomic E-state index is 9.46. The molecule has 2 unspecified atom stereocenters. The van der Waals surface area contributed by atoms with Crippen LogP contribution in [0.15, 0.2) is 18.2 Å². The molecule has 0 aliphatic carbocycles. The van der Waals surface area contributed by atoms with Crippen LogP contribution in [0.5, 0.6) is 5.75 Å². The smallest absolute Gasteiger partial charge is 0.118 e. The zero-order valence-electron chi connectivity index (χ0n) is 9.46. The van der Waals surface area contributed by atoms with E-state index in [4.69, 9.17) is 0 Å². The minimum absolute atomic E-state index is 0.392. The highest BCUT2D eigenvalue weighted by Crippen LogP contribution is 2.28. The molecule has 1 fully saturated rings. The highest BCUT2D eigenvalue weighted by atomic mass is 16.3. The first-order chi connectivity index (χ1) is 7.16. The number of phenols is 1. The van der Waals surface area contributed by atoms with Crippen LogP contribution in [0.1, 0.15) is 36.9 Å². The highest BCUT2D eigenvalue weighted by molar-refractivity contribution is 5.36. The van der Waals surface area contributed by atoms with Crippen LogP contribution in [0, 0.1) is 12.8 Å². The lowest BCUT2D eigenvalue weighted by atomic mass is 9.91. The molecule has 2 atom stereocenters. The van der Waals surface area contributed by atoms with Crippen molar-refractivity contribution in [3.8, 4) is 5.75 Å². The number of rotatable bonds is 1. The van der Waals surface area contributed by atoms with Gasteiger partial charge in [0.2, 0.25) is 0 Å². The standard InChI is InChI=1S/C13H19NO/c1-9-3-5-12(14-8-9)11-4-6-13(15)10(2)7-11/h4,6-7,9,12,14-15H,3,5,8H2,1-2H3. The molecule has 1 aliphatic heterocycles. The molecule has 1 aromatic carbocycles. The van der Waals surface area contributed by atoms with Crippen molar-refractivity contribution in [1.82, 2.24) is 5.32 Å². The summed E-state index contributed by atoms with van der Waals surface area (Å²) >= 11 is 0. The average Bonchev–Trinajstić information content (AvgIpc) is 2.23. The van der Waals surface area contributed by atoms with E-state index in [9.17, 15) is 5.11 Å². The lowest BCUT2D eigenvalue weighted by molar-refractivity contribution is 0.332. The number of benzene rings is 1. The summed E-state index contributed by atoms with van der Waals surface area (Å²) in [7, 11) is 0. The molecule has 1 aromatic rings. The van der Waals surface area contributed by atoms with Gasteiger partial charge in [-0.1, -0.05) is 19.1 Å². The fourth-order valence-corrected chi connectivity index (χ4v) is 2.18. The summed E-state index contributed by atoms with van der Waals surface area (Å²) in [5.41, 5.74) is 2.27. The van der Waals surface area contributed by atoms with Crippen LogP contribution in [-0.2, 0) is 0 Å². The Labute approximate surface area is 91.3 Å². The minimum atomic E-state index is 0.392. The number of aryl methyl sites for hydroxylation is 1. The molecule has 2 N–H and O–H groups in total. The molecule has 0 radical (unpaired) electrons. The van der Waals surface area contributed by atoms with Gasteiger partial charge in [-0.25, -0.2) is 0 Å². The normalized spacial score (nSPS) is 26.5. The van der Waals surface area contributed by atoms with Crippen molar-refractivity contribution in [2.45, 2.75) is 32.7 Å². The van der Waals surface area contributed by atoms with E-state index in [0.717, 1.165) is 18.0 Å². The molecule has 2 nitrogen and oxygen atoms in total. The maximum atomic E-state index is 9.46. The van der Waals surface area contributed by atoms with Gasteiger partial charge in [-0.05, 0) is 49.4 Å². The zero-order valence-corrected chi connectivity index (χ0v) is 9.46. The zero-order chi connectivity index (χ0) is 10.8. The van der Waals surface area contributed by atoms with E-state index in [-0.39, 0.29) is 0 Å². The monoisotopic (exact) mass is 205 g/mol. The van der Waals surface area contributed by atoms with E-state index < -0.39 is 0 Å². The molecule has 0 amide bonds. The number of phenolic OH excluding ortho intramolecular Hbond substituents is 1. The quantitative estimate of drug-likeness (QED) is 0.739. The van der Waals surface area contributed by atoms with Gasteiger partial charge < -0.3 is 10.4 Å². The fraction of sp³-hybridized carbons (Fsp3) is 0.538. The van der Waals surface area contributed by atoms with E-state index >= 15 is 0 Å². The molecule has 2 rings (SSSR count). The Kier molecular flexibility index (Phi) is 2.96. The molecule has 1 aliphatic rings. The second-order valence-corrected chi connectivity index (χ2v) is 4.69. The maximum Gasteiger partial charge on any atom is 0.118 e. The van der Waals surface area contributed by atoms with Crippen LogP contribution in [0.3, 0.4) is 0 Å². The second-order valence-electron chi connectivity index (χ2n) is 4.69. The van der Waals surface area contributed by atoms with Crippen molar-refractivity contribution in [3.05, 3.63) is 29.3 Å². The van der Waals surface area contributed by atoms with E-state index in [0.29, 0.717) is 11.8 Å². The molecule has 0 saturated carbocycles. The molecule has 0 bridgehead atoms. The van der Waals surface area contributed by atoms with Crippen molar-refractivity contribution >= 4 is 0 Å². The van der Waals surface area contributed by atoms with Crippen LogP contribution in [0.25, 0.3) is 0 Å². The van der Waals surface area contributed by atoms with Crippen molar-refractivity contribution in [3.63, 3.8) is 0 Å². The number of hydrogen-bond acceptors (Lipinski definition) is 2. The van der Waals surface area contributed by atoms with Crippen molar-refractivity contribution in [2.75, 3.05) is 6.54 Å². The van der Waals surface area contributed by atoms with Gasteiger partial charge in [-0.3, -0.25) is 0 Å². The van der Waals surface area contributed by atoms with Crippen molar-refractivity contribution in [1.29, 1.82) is 0 Å². The Morgan fingerprint density at radius 3 is 2.73 bits per heavy atom. The number of aromatic hydroxyl groups is 1. The Bertz CT molecular complexity index is 340. The van der Waals surface area contributed by atoms with Crippen molar-refractivity contribution in [2.24, 2.45) is 5.92 Å². The third kappa shape index (κ3) is 2.32. The number of hydrogen-bond donors (Lipinski definition) is 2. The lowest BCUT2D eigenvalue weighted by Crippen LogP contribution is -2.31. The van der Waals surface area contributed by atoms with Gasteiger partial charge in [0, 0.05) is 6.04 Å². The van der Waals surface area contributed by atoms with Gasteiger partial charge in [0.25, 0.3) is 0 Å². The Morgan fingerprint density at radius 1 is 1.33 bits per heavy atom. The van der Waals surface area contributed by atoms with E-state index in [1.165, 1.54) is 18.4 Å². The van der Waals surface area contributed by atoms with Crippen molar-refractivity contribution < 1.29 is 5.11 Å². The fourth-order valence-electron chi connectivity index (χ4n) is 2.18. The summed E-state index contributed by atoms with van der Waals surface area (Å²) in [6, 6.07) is 6.38. The number of nitrogens with one attached hydrogen (secondary N) is 1. The summed E-state index contributed by atoms with van der Waals surface area (Å²) in [5.74, 6) is 1.18. The van der Waals surface area contributed by atoms with Crippen LogP contribution in [-0.4, -0.2) is 11.7 Å². The molecular formula is C13H19NO. The predicted molar refractivity (Wildman–Crippen MR) is 62.0 cm³/mol. The SMILES string of the molecule is Cc1cc(C2CCC(C)CN2)ccc1O. The third-order valence-corrected chi connectivity index (χ3v) is 3.28. The summed E-state index contributed by atoms with van der Waals surface area (Å²) < 4.78 is 0. The first kappa shape index (κ1) is 10.5. The van der Waals surface area contributed by atoms with Gasteiger partial charge in [-0.2, -0.15) is 0 Å². The van der Waals surface area contributed by atoms with Gasteiger partial charge in [0.15, 0.2) is 0 Å². The van der Waals surface area contributed by atoms with Gasteiger partial charge in [-0.15, -0.1) is 0 Å². The molecule has 1 saturated heterocycles. The average molecular weight is 205 g/mol. The topological polar surface area (TPSA) is 32.3 Å². The first-order valence-electron chi connectivity index (χ1n) is 5.69.